The van der Waals surface area contributed by atoms with E-state index in [2.05, 4.69) is 15.1 Å². The van der Waals surface area contributed by atoms with Crippen molar-refractivity contribution >= 4 is 5.91 Å². The molecule has 0 bridgehead atoms. The molecule has 3 rings (SSSR count). The molecule has 1 fully saturated rings. The topological polar surface area (TPSA) is 101 Å². The number of hydrogen-bond donors (Lipinski definition) is 1. The van der Waals surface area contributed by atoms with Gasteiger partial charge in [-0.1, -0.05) is 13.8 Å². The third kappa shape index (κ3) is 3.95. The van der Waals surface area contributed by atoms with Gasteiger partial charge in [0.15, 0.2) is 0 Å². The molecule has 0 spiro atoms. The van der Waals surface area contributed by atoms with Crippen molar-refractivity contribution in [2.75, 3.05) is 13.7 Å². The molecule has 1 amide bonds. The summed E-state index contributed by atoms with van der Waals surface area (Å²) in [4.78, 5) is 33.9. The van der Waals surface area contributed by atoms with Crippen molar-refractivity contribution in [3.05, 3.63) is 39.8 Å². The largest absolute Gasteiger partial charge is 0.479 e. The lowest BCUT2D eigenvalue weighted by Crippen LogP contribution is -2.32. The van der Waals surface area contributed by atoms with Gasteiger partial charge in [-0.25, -0.2) is 4.98 Å². The zero-order valence-electron chi connectivity index (χ0n) is 15.3. The summed E-state index contributed by atoms with van der Waals surface area (Å²) < 4.78 is 10.1. The van der Waals surface area contributed by atoms with Crippen LogP contribution in [0.15, 0.2) is 21.5 Å². The summed E-state index contributed by atoms with van der Waals surface area (Å²) in [6.45, 7) is 4.66. The number of methoxy groups -OCH3 is 1. The molecule has 1 aliphatic heterocycles. The molecule has 0 aliphatic carbocycles. The molecule has 0 aromatic carbocycles. The first-order valence-electron chi connectivity index (χ1n) is 8.88. The Balaban J connectivity index is 1.71. The number of nitrogens with one attached hydrogen (secondary N) is 1. The van der Waals surface area contributed by atoms with Crippen LogP contribution in [-0.2, 0) is 11.2 Å². The minimum Gasteiger partial charge on any atom is -0.479 e. The van der Waals surface area contributed by atoms with Crippen LogP contribution in [0.1, 0.15) is 62.3 Å². The summed E-state index contributed by atoms with van der Waals surface area (Å²) in [7, 11) is 1.51. The van der Waals surface area contributed by atoms with Crippen molar-refractivity contribution < 1.29 is 14.1 Å². The highest BCUT2D eigenvalue weighted by Crippen LogP contribution is 2.30. The Morgan fingerprint density at radius 1 is 1.46 bits per heavy atom. The first-order valence-corrected chi connectivity index (χ1v) is 8.88. The quantitative estimate of drug-likeness (QED) is 0.847. The summed E-state index contributed by atoms with van der Waals surface area (Å²) in [5, 5.41) is 3.74. The van der Waals surface area contributed by atoms with E-state index in [1.165, 1.54) is 13.2 Å². The van der Waals surface area contributed by atoms with Gasteiger partial charge in [0.1, 0.15) is 11.6 Å². The Hall–Kier alpha value is -2.64. The van der Waals surface area contributed by atoms with Crippen LogP contribution in [0.5, 0.6) is 5.88 Å². The molecular formula is C18H24N4O4. The number of aromatic nitrogens is 3. The fourth-order valence-electron chi connectivity index (χ4n) is 3.18. The lowest BCUT2D eigenvalue weighted by Gasteiger charge is -2.24. The molecule has 3 heterocycles. The van der Waals surface area contributed by atoms with Crippen LogP contribution in [-0.4, -0.2) is 39.6 Å². The van der Waals surface area contributed by atoms with Crippen molar-refractivity contribution in [1.29, 1.82) is 0 Å². The highest BCUT2D eigenvalue weighted by atomic mass is 16.5. The van der Waals surface area contributed by atoms with E-state index in [1.54, 1.807) is 11.0 Å². The number of aromatic amines is 1. The molecule has 8 heteroatoms. The van der Waals surface area contributed by atoms with Gasteiger partial charge in [-0.2, -0.15) is 0 Å². The van der Waals surface area contributed by atoms with Crippen LogP contribution in [0.25, 0.3) is 0 Å². The predicted molar refractivity (Wildman–Crippen MR) is 94.0 cm³/mol. The van der Waals surface area contributed by atoms with Crippen molar-refractivity contribution in [3.63, 3.8) is 0 Å². The van der Waals surface area contributed by atoms with Crippen LogP contribution in [0.4, 0.5) is 0 Å². The van der Waals surface area contributed by atoms with E-state index in [-0.39, 0.29) is 23.4 Å². The molecule has 140 valence electrons. The lowest BCUT2D eigenvalue weighted by molar-refractivity contribution is -0.132. The average molecular weight is 360 g/mol. The highest BCUT2D eigenvalue weighted by Gasteiger charge is 2.31. The van der Waals surface area contributed by atoms with Crippen LogP contribution >= 0.6 is 0 Å². The third-order valence-corrected chi connectivity index (χ3v) is 4.59. The standard InChI is InChI=1S/C18H24N4O4/c1-11(2)13-10-15(23)20-18(19-13)14-5-4-8-22(14)17(24)7-6-12-9-16(25-3)21-26-12/h9-11,14H,4-8H2,1-3H3,(H,19,20,23). The van der Waals surface area contributed by atoms with Crippen LogP contribution in [0.3, 0.4) is 0 Å². The molecule has 0 radical (unpaired) electrons. The molecule has 0 saturated carbocycles. The maximum atomic E-state index is 12.7. The maximum absolute atomic E-state index is 12.7. The average Bonchev–Trinajstić information content (AvgIpc) is 3.28. The summed E-state index contributed by atoms with van der Waals surface area (Å²) in [5.41, 5.74) is 0.573. The number of likely N-dealkylation sites (tertiary alicyclic amines) is 1. The Labute approximate surface area is 151 Å². The Kier molecular flexibility index (Phi) is 5.39. The van der Waals surface area contributed by atoms with Crippen molar-refractivity contribution in [1.82, 2.24) is 20.0 Å². The molecule has 26 heavy (non-hydrogen) atoms. The van der Waals surface area contributed by atoms with Gasteiger partial charge in [-0.3, -0.25) is 9.59 Å². The van der Waals surface area contributed by atoms with Gasteiger partial charge < -0.3 is 19.1 Å². The van der Waals surface area contributed by atoms with Crippen molar-refractivity contribution in [2.24, 2.45) is 0 Å². The van der Waals surface area contributed by atoms with Crippen LogP contribution in [0, 0.1) is 0 Å². The van der Waals surface area contributed by atoms with E-state index >= 15 is 0 Å². The van der Waals surface area contributed by atoms with E-state index in [0.29, 0.717) is 36.9 Å². The van der Waals surface area contributed by atoms with Gasteiger partial charge in [-0.15, -0.1) is 0 Å². The number of ether oxygens (including phenoxy) is 1. The van der Waals surface area contributed by atoms with Gasteiger partial charge in [0.2, 0.25) is 5.91 Å². The number of H-pyrrole nitrogens is 1. The normalized spacial score (nSPS) is 17.1. The smallest absolute Gasteiger partial charge is 0.254 e. The zero-order chi connectivity index (χ0) is 18.7. The lowest BCUT2D eigenvalue weighted by atomic mass is 10.1. The minimum atomic E-state index is -0.182. The highest BCUT2D eigenvalue weighted by molar-refractivity contribution is 5.77. The number of carbonyl (C=O) groups is 1. The minimum absolute atomic E-state index is 0.0143. The molecule has 1 atom stereocenters. The van der Waals surface area contributed by atoms with Gasteiger partial charge in [-0.05, 0) is 23.9 Å². The molecule has 2 aromatic heterocycles. The molecule has 1 unspecified atom stereocenters. The number of amides is 1. The second-order valence-electron chi connectivity index (χ2n) is 6.79. The van der Waals surface area contributed by atoms with E-state index < -0.39 is 0 Å². The molecule has 8 nitrogen and oxygen atoms in total. The second kappa shape index (κ2) is 7.72. The number of hydrogen-bond acceptors (Lipinski definition) is 6. The Morgan fingerprint density at radius 3 is 2.96 bits per heavy atom. The zero-order valence-corrected chi connectivity index (χ0v) is 15.3. The number of aryl methyl sites for hydroxylation is 1. The SMILES string of the molecule is COc1cc(CCC(=O)N2CCCC2c2nc(C(C)C)cc(=O)[nH]2)on1. The number of carbonyl (C=O) groups excluding carboxylic acids is 1. The van der Waals surface area contributed by atoms with E-state index in [4.69, 9.17) is 9.26 Å². The van der Waals surface area contributed by atoms with E-state index in [0.717, 1.165) is 18.5 Å². The Morgan fingerprint density at radius 2 is 2.27 bits per heavy atom. The van der Waals surface area contributed by atoms with Gasteiger partial charge in [0.05, 0.1) is 18.8 Å². The van der Waals surface area contributed by atoms with Crippen LogP contribution < -0.4 is 10.3 Å². The van der Waals surface area contributed by atoms with Crippen molar-refractivity contribution in [3.8, 4) is 5.88 Å². The monoisotopic (exact) mass is 360 g/mol. The third-order valence-electron chi connectivity index (χ3n) is 4.59. The van der Waals surface area contributed by atoms with Gasteiger partial charge in [0.25, 0.3) is 11.4 Å². The summed E-state index contributed by atoms with van der Waals surface area (Å²) >= 11 is 0. The first-order chi connectivity index (χ1) is 12.5. The molecule has 1 N–H and O–H groups in total. The maximum Gasteiger partial charge on any atom is 0.254 e. The van der Waals surface area contributed by atoms with Gasteiger partial charge >= 0.3 is 0 Å². The van der Waals surface area contributed by atoms with Crippen LogP contribution in [0.2, 0.25) is 0 Å². The fourth-order valence-corrected chi connectivity index (χ4v) is 3.18. The second-order valence-corrected chi connectivity index (χ2v) is 6.79. The first kappa shape index (κ1) is 18.2. The molecule has 2 aromatic rings. The summed E-state index contributed by atoms with van der Waals surface area (Å²) in [6, 6.07) is 3.02. The molecule has 1 saturated heterocycles. The Bertz CT molecular complexity index is 827. The number of nitrogens with zero attached hydrogens (tertiary/aromatic N) is 3. The van der Waals surface area contributed by atoms with E-state index in [9.17, 15) is 9.59 Å². The molecular weight excluding hydrogens is 336 g/mol. The van der Waals surface area contributed by atoms with Crippen molar-refractivity contribution in [2.45, 2.75) is 51.5 Å². The van der Waals surface area contributed by atoms with E-state index in [1.807, 2.05) is 13.8 Å². The van der Waals surface area contributed by atoms with Gasteiger partial charge in [0, 0.05) is 31.5 Å². The predicted octanol–water partition coefficient (Wildman–Crippen LogP) is 2.19. The fraction of sp³-hybridized carbons (Fsp3) is 0.556. The number of rotatable bonds is 6. The summed E-state index contributed by atoms with van der Waals surface area (Å²) in [5.74, 6) is 1.76. The molecule has 1 aliphatic rings. The summed E-state index contributed by atoms with van der Waals surface area (Å²) in [6.07, 6.45) is 2.45.